The molecular weight excluding hydrogens is 286 g/mol. The van der Waals surface area contributed by atoms with Gasteiger partial charge in [0.1, 0.15) is 5.56 Å². The molecule has 22 heavy (non-hydrogen) atoms. The summed E-state index contributed by atoms with van der Waals surface area (Å²) in [5.74, 6) is -1.69. The van der Waals surface area contributed by atoms with Crippen LogP contribution in [0, 0.1) is 17.0 Å². The Hall–Kier alpha value is -3.02. The summed E-state index contributed by atoms with van der Waals surface area (Å²) >= 11 is 0. The number of carboxylic acid groups (broad SMARTS) is 1. The van der Waals surface area contributed by atoms with Gasteiger partial charge in [-0.2, -0.15) is 0 Å². The third kappa shape index (κ3) is 3.17. The molecule has 2 rings (SSSR count). The van der Waals surface area contributed by atoms with E-state index in [-0.39, 0.29) is 11.1 Å². The van der Waals surface area contributed by atoms with Gasteiger partial charge in [0, 0.05) is 11.1 Å². The average molecular weight is 299 g/mol. The molecule has 0 bridgehead atoms. The number of hydrogen-bond donors (Lipinski definition) is 1. The van der Waals surface area contributed by atoms with Crippen molar-refractivity contribution in [2.24, 2.45) is 0 Å². The van der Waals surface area contributed by atoms with Gasteiger partial charge in [0.15, 0.2) is 5.78 Å². The fourth-order valence-corrected chi connectivity index (χ4v) is 2.16. The topological polar surface area (TPSA) is 97.5 Å². The van der Waals surface area contributed by atoms with Crippen molar-refractivity contribution in [2.45, 2.75) is 13.3 Å². The first-order valence-electron chi connectivity index (χ1n) is 6.49. The van der Waals surface area contributed by atoms with Crippen LogP contribution in [0.5, 0.6) is 0 Å². The Labute approximate surface area is 126 Å². The van der Waals surface area contributed by atoms with Crippen LogP contribution in [0.15, 0.2) is 42.5 Å². The molecule has 0 saturated heterocycles. The Bertz CT molecular complexity index is 750. The molecule has 0 heterocycles. The van der Waals surface area contributed by atoms with Crippen LogP contribution >= 0.6 is 0 Å². The van der Waals surface area contributed by atoms with Gasteiger partial charge in [0.25, 0.3) is 5.69 Å². The summed E-state index contributed by atoms with van der Waals surface area (Å²) in [7, 11) is 0. The number of carbonyl (C=O) groups excluding carboxylic acids is 1. The van der Waals surface area contributed by atoms with E-state index in [1.54, 1.807) is 24.3 Å². The van der Waals surface area contributed by atoms with Crippen LogP contribution in [0.1, 0.15) is 27.0 Å². The van der Waals surface area contributed by atoms with Crippen molar-refractivity contribution >= 4 is 17.4 Å². The van der Waals surface area contributed by atoms with E-state index in [2.05, 4.69) is 0 Å². The minimum absolute atomic E-state index is 0.00969. The minimum Gasteiger partial charge on any atom is -0.481 e. The molecule has 0 aromatic heterocycles. The van der Waals surface area contributed by atoms with Gasteiger partial charge in [-0.15, -0.1) is 0 Å². The van der Waals surface area contributed by atoms with Gasteiger partial charge in [-0.25, -0.2) is 0 Å². The van der Waals surface area contributed by atoms with Gasteiger partial charge in [-0.1, -0.05) is 42.0 Å². The van der Waals surface area contributed by atoms with Crippen molar-refractivity contribution in [3.05, 3.63) is 74.8 Å². The lowest BCUT2D eigenvalue weighted by molar-refractivity contribution is -0.385. The normalized spacial score (nSPS) is 10.2. The number of aliphatic carboxylic acids is 1. The number of nitro benzene ring substituents is 1. The van der Waals surface area contributed by atoms with Gasteiger partial charge >= 0.3 is 5.97 Å². The molecule has 0 spiro atoms. The summed E-state index contributed by atoms with van der Waals surface area (Å²) in [4.78, 5) is 33.9. The van der Waals surface area contributed by atoms with E-state index < -0.39 is 28.8 Å². The maximum absolute atomic E-state index is 12.5. The molecular formula is C16H13NO5. The van der Waals surface area contributed by atoms with E-state index in [9.17, 15) is 19.7 Å². The number of carbonyl (C=O) groups is 2. The highest BCUT2D eigenvalue weighted by atomic mass is 16.6. The fourth-order valence-electron chi connectivity index (χ4n) is 2.16. The number of para-hydroxylation sites is 1. The highest BCUT2D eigenvalue weighted by Gasteiger charge is 2.26. The molecule has 6 heteroatoms. The fraction of sp³-hybridized carbons (Fsp3) is 0.125. The van der Waals surface area contributed by atoms with Crippen LogP contribution in [0.4, 0.5) is 5.69 Å². The van der Waals surface area contributed by atoms with Crippen LogP contribution in [-0.2, 0) is 11.2 Å². The van der Waals surface area contributed by atoms with Gasteiger partial charge < -0.3 is 5.11 Å². The smallest absolute Gasteiger partial charge is 0.308 e. The summed E-state index contributed by atoms with van der Waals surface area (Å²) in [5.41, 5.74) is 0.741. The Morgan fingerprint density at radius 1 is 1.14 bits per heavy atom. The number of benzene rings is 2. The standard InChI is InChI=1S/C16H13NO5/c1-10-5-7-11(8-6-10)16(20)13-4-2-3-12(9-14(18)19)15(13)17(21)22/h2-8H,9H2,1H3,(H,18,19). The summed E-state index contributed by atoms with van der Waals surface area (Å²) in [6.45, 7) is 1.87. The number of rotatable bonds is 5. The maximum Gasteiger partial charge on any atom is 0.308 e. The van der Waals surface area contributed by atoms with Crippen LogP contribution in [0.2, 0.25) is 0 Å². The van der Waals surface area contributed by atoms with Crippen LogP contribution < -0.4 is 0 Å². The van der Waals surface area contributed by atoms with Crippen molar-refractivity contribution in [1.29, 1.82) is 0 Å². The lowest BCUT2D eigenvalue weighted by Crippen LogP contribution is -2.10. The zero-order valence-corrected chi connectivity index (χ0v) is 11.8. The van der Waals surface area contributed by atoms with Gasteiger partial charge in [-0.05, 0) is 13.0 Å². The van der Waals surface area contributed by atoms with Gasteiger partial charge in [0.05, 0.1) is 11.3 Å². The Balaban J connectivity index is 2.54. The third-order valence-electron chi connectivity index (χ3n) is 3.20. The quantitative estimate of drug-likeness (QED) is 0.520. The van der Waals surface area contributed by atoms with Gasteiger partial charge in [-0.3, -0.25) is 19.7 Å². The number of nitro groups is 1. The molecule has 0 unspecified atom stereocenters. The minimum atomic E-state index is -1.19. The Morgan fingerprint density at radius 3 is 2.32 bits per heavy atom. The van der Waals surface area contributed by atoms with Crippen molar-refractivity contribution in [3.63, 3.8) is 0 Å². The average Bonchev–Trinajstić information content (AvgIpc) is 2.46. The molecule has 6 nitrogen and oxygen atoms in total. The lowest BCUT2D eigenvalue weighted by Gasteiger charge is -2.06. The van der Waals surface area contributed by atoms with Crippen molar-refractivity contribution in [3.8, 4) is 0 Å². The van der Waals surface area contributed by atoms with Crippen molar-refractivity contribution < 1.29 is 19.6 Å². The monoisotopic (exact) mass is 299 g/mol. The molecule has 0 saturated carbocycles. The van der Waals surface area contributed by atoms with E-state index in [0.717, 1.165) is 5.56 Å². The Morgan fingerprint density at radius 2 is 1.77 bits per heavy atom. The molecule has 0 fully saturated rings. The van der Waals surface area contributed by atoms with E-state index in [0.29, 0.717) is 5.56 Å². The molecule has 2 aromatic carbocycles. The zero-order valence-electron chi connectivity index (χ0n) is 11.8. The number of hydrogen-bond acceptors (Lipinski definition) is 4. The van der Waals surface area contributed by atoms with Crippen LogP contribution in [0.3, 0.4) is 0 Å². The van der Waals surface area contributed by atoms with Crippen LogP contribution in [-0.4, -0.2) is 21.8 Å². The third-order valence-corrected chi connectivity index (χ3v) is 3.20. The second-order valence-corrected chi connectivity index (χ2v) is 4.84. The maximum atomic E-state index is 12.5. The SMILES string of the molecule is Cc1ccc(C(=O)c2cccc(CC(=O)O)c2[N+](=O)[O-])cc1. The van der Waals surface area contributed by atoms with Crippen molar-refractivity contribution in [1.82, 2.24) is 0 Å². The number of aryl methyl sites for hydroxylation is 1. The summed E-state index contributed by atoms with van der Waals surface area (Å²) in [6, 6.07) is 10.8. The zero-order chi connectivity index (χ0) is 16.3. The highest BCUT2D eigenvalue weighted by molar-refractivity contribution is 6.11. The van der Waals surface area contributed by atoms with E-state index in [4.69, 9.17) is 5.11 Å². The molecule has 0 amide bonds. The molecule has 1 N–H and O–H groups in total. The second kappa shape index (κ2) is 6.17. The summed E-state index contributed by atoms with van der Waals surface area (Å²) < 4.78 is 0. The molecule has 0 aliphatic rings. The first-order valence-corrected chi connectivity index (χ1v) is 6.49. The number of ketones is 1. The largest absolute Gasteiger partial charge is 0.481 e. The first kappa shape index (κ1) is 15.4. The van der Waals surface area contributed by atoms with E-state index in [1.807, 2.05) is 6.92 Å². The molecule has 0 atom stereocenters. The Kier molecular flexibility index (Phi) is 4.31. The van der Waals surface area contributed by atoms with Crippen molar-refractivity contribution in [2.75, 3.05) is 0 Å². The first-order chi connectivity index (χ1) is 10.4. The van der Waals surface area contributed by atoms with E-state index in [1.165, 1.54) is 18.2 Å². The summed E-state index contributed by atoms with van der Waals surface area (Å²) in [5, 5.41) is 20.1. The van der Waals surface area contributed by atoms with Gasteiger partial charge in [0.2, 0.25) is 0 Å². The number of carboxylic acids is 1. The van der Waals surface area contributed by atoms with E-state index >= 15 is 0 Å². The molecule has 0 aliphatic heterocycles. The predicted octanol–water partition coefficient (Wildman–Crippen LogP) is 2.76. The molecule has 0 aliphatic carbocycles. The molecule has 2 aromatic rings. The lowest BCUT2D eigenvalue weighted by atomic mass is 9.97. The van der Waals surface area contributed by atoms with Crippen LogP contribution in [0.25, 0.3) is 0 Å². The second-order valence-electron chi connectivity index (χ2n) is 4.84. The summed E-state index contributed by atoms with van der Waals surface area (Å²) in [6.07, 6.45) is -0.509. The number of nitrogens with zero attached hydrogens (tertiary/aromatic N) is 1. The molecule has 112 valence electrons. The highest BCUT2D eigenvalue weighted by Crippen LogP contribution is 2.27. The molecule has 0 radical (unpaired) electrons. The predicted molar refractivity (Wildman–Crippen MR) is 79.0 cm³/mol.